The lowest BCUT2D eigenvalue weighted by Gasteiger charge is -2.29. The number of piperidine rings is 1. The summed E-state index contributed by atoms with van der Waals surface area (Å²) in [6.07, 6.45) is 4.23. The Balaban J connectivity index is 1.21. The van der Waals surface area contributed by atoms with Gasteiger partial charge in [0.1, 0.15) is 5.75 Å². The van der Waals surface area contributed by atoms with Crippen molar-refractivity contribution in [3.8, 4) is 16.3 Å². The highest BCUT2D eigenvalue weighted by molar-refractivity contribution is 7.17. The fourth-order valence-corrected chi connectivity index (χ4v) is 5.28. The van der Waals surface area contributed by atoms with Crippen LogP contribution >= 0.6 is 11.3 Å². The number of aliphatic hydroxyl groups excluding tert-OH is 1. The Labute approximate surface area is 226 Å². The van der Waals surface area contributed by atoms with E-state index in [0.29, 0.717) is 22.3 Å². The molecule has 4 aromatic rings. The van der Waals surface area contributed by atoms with Gasteiger partial charge in [-0.3, -0.25) is 4.79 Å². The van der Waals surface area contributed by atoms with Gasteiger partial charge in [-0.05, 0) is 67.3 Å². The number of methoxy groups -OCH3 is 1. The third-order valence-electron chi connectivity index (χ3n) is 6.52. The van der Waals surface area contributed by atoms with Crippen LogP contribution in [0.5, 0.6) is 5.75 Å². The Bertz CT molecular complexity index is 1380. The molecule has 5 rings (SSSR count). The number of hydrogen-bond donors (Lipinski definition) is 3. The fourth-order valence-electron chi connectivity index (χ4n) is 4.41. The van der Waals surface area contributed by atoms with Gasteiger partial charge in [0.2, 0.25) is 5.95 Å². The van der Waals surface area contributed by atoms with Crippen LogP contribution in [0, 0.1) is 0 Å². The lowest BCUT2D eigenvalue weighted by molar-refractivity contribution is 0.0832. The molecule has 2 aromatic carbocycles. The largest absolute Gasteiger partial charge is 0.497 e. The highest BCUT2D eigenvalue weighted by atomic mass is 32.1. The predicted molar refractivity (Wildman–Crippen MR) is 151 cm³/mol. The molecule has 8 nitrogen and oxygen atoms in total. The molecule has 0 atom stereocenters. The Morgan fingerprint density at radius 1 is 1.08 bits per heavy atom. The summed E-state index contributed by atoms with van der Waals surface area (Å²) in [7, 11) is 1.60. The van der Waals surface area contributed by atoms with E-state index in [0.717, 1.165) is 55.2 Å². The van der Waals surface area contributed by atoms with Crippen LogP contribution in [-0.2, 0) is 6.42 Å². The molecule has 196 valence electrons. The molecule has 2 aromatic heterocycles. The van der Waals surface area contributed by atoms with Gasteiger partial charge >= 0.3 is 0 Å². The van der Waals surface area contributed by atoms with Gasteiger partial charge in [-0.2, -0.15) is 0 Å². The van der Waals surface area contributed by atoms with Crippen LogP contribution in [0.15, 0.2) is 72.9 Å². The molecule has 0 saturated carbocycles. The van der Waals surface area contributed by atoms with Gasteiger partial charge in [-0.1, -0.05) is 18.2 Å². The molecule has 1 aliphatic heterocycles. The zero-order valence-corrected chi connectivity index (χ0v) is 22.1. The molecule has 0 radical (unpaired) electrons. The lowest BCUT2D eigenvalue weighted by Crippen LogP contribution is -2.37. The average molecular weight is 530 g/mol. The number of nitrogens with one attached hydrogen (secondary N) is 2. The normalized spacial score (nSPS) is 14.3. The number of hydrogen-bond acceptors (Lipinski definition) is 8. The molecular formula is C29H31N5O3S. The minimum absolute atomic E-state index is 0.147. The predicted octanol–water partition coefficient (Wildman–Crippen LogP) is 5.21. The molecule has 0 spiro atoms. The van der Waals surface area contributed by atoms with Crippen molar-refractivity contribution in [2.75, 3.05) is 37.4 Å². The van der Waals surface area contributed by atoms with Crippen LogP contribution in [-0.4, -0.2) is 58.7 Å². The van der Waals surface area contributed by atoms with Crippen LogP contribution < -0.4 is 15.4 Å². The number of carbonyl (C=O) groups excluding carboxylic acids is 1. The molecule has 9 heteroatoms. The number of likely N-dealkylation sites (tertiary alicyclic amines) is 1. The summed E-state index contributed by atoms with van der Waals surface area (Å²) in [6.45, 7) is 2.88. The van der Waals surface area contributed by atoms with Gasteiger partial charge < -0.3 is 25.4 Å². The van der Waals surface area contributed by atoms with Crippen LogP contribution in [0.1, 0.15) is 28.1 Å². The van der Waals surface area contributed by atoms with Crippen molar-refractivity contribution in [2.24, 2.45) is 0 Å². The quantitative estimate of drug-likeness (QED) is 0.274. The van der Waals surface area contributed by atoms with E-state index in [1.165, 1.54) is 16.9 Å². The molecule has 38 heavy (non-hydrogen) atoms. The molecule has 0 aliphatic carbocycles. The second-order valence-electron chi connectivity index (χ2n) is 9.26. The number of carbonyl (C=O) groups is 1. The molecule has 1 saturated heterocycles. The number of anilines is 3. The average Bonchev–Trinajstić information content (AvgIpc) is 3.44. The SMILES string of the molecule is COc1cccc(NC(=O)c2ccc(-c3ccnc(Nc4cccc(CCN5CCC(O)CC5)c4)n3)s2)c1. The number of aromatic nitrogens is 2. The lowest BCUT2D eigenvalue weighted by atomic mass is 10.1. The van der Waals surface area contributed by atoms with Gasteiger partial charge in [0.05, 0.1) is 28.7 Å². The summed E-state index contributed by atoms with van der Waals surface area (Å²) in [4.78, 5) is 25.7. The number of benzene rings is 2. The summed E-state index contributed by atoms with van der Waals surface area (Å²) in [6, 6.07) is 21.1. The van der Waals surface area contributed by atoms with E-state index in [2.05, 4.69) is 37.6 Å². The monoisotopic (exact) mass is 529 g/mol. The van der Waals surface area contributed by atoms with Gasteiger partial charge in [-0.15, -0.1) is 11.3 Å². The summed E-state index contributed by atoms with van der Waals surface area (Å²) >= 11 is 1.38. The van der Waals surface area contributed by atoms with Crippen LogP contribution in [0.4, 0.5) is 17.3 Å². The van der Waals surface area contributed by atoms with Crippen LogP contribution in [0.3, 0.4) is 0 Å². The van der Waals surface area contributed by atoms with Crippen LogP contribution in [0.25, 0.3) is 10.6 Å². The molecule has 1 aliphatic rings. The van der Waals surface area contributed by atoms with E-state index < -0.39 is 0 Å². The van der Waals surface area contributed by atoms with Crippen LogP contribution in [0.2, 0.25) is 0 Å². The van der Waals surface area contributed by atoms with Gasteiger partial charge in [-0.25, -0.2) is 9.97 Å². The van der Waals surface area contributed by atoms with Crippen molar-refractivity contribution < 1.29 is 14.6 Å². The number of amides is 1. The second kappa shape index (κ2) is 12.2. The molecule has 1 amide bonds. The summed E-state index contributed by atoms with van der Waals surface area (Å²) in [5.74, 6) is 1.00. The maximum atomic E-state index is 12.8. The first-order chi connectivity index (χ1) is 18.6. The maximum absolute atomic E-state index is 12.8. The van der Waals surface area contributed by atoms with E-state index in [1.807, 2.05) is 42.5 Å². The first-order valence-electron chi connectivity index (χ1n) is 12.7. The van der Waals surface area contributed by atoms with Crippen molar-refractivity contribution >= 4 is 34.6 Å². The number of nitrogens with zero attached hydrogens (tertiary/aromatic N) is 3. The minimum Gasteiger partial charge on any atom is -0.497 e. The summed E-state index contributed by atoms with van der Waals surface area (Å²) in [5.41, 5.74) is 3.59. The second-order valence-corrected chi connectivity index (χ2v) is 10.3. The zero-order valence-electron chi connectivity index (χ0n) is 21.3. The zero-order chi connectivity index (χ0) is 26.3. The van der Waals surface area contributed by atoms with E-state index in [9.17, 15) is 9.90 Å². The summed E-state index contributed by atoms with van der Waals surface area (Å²) < 4.78 is 5.23. The molecular weight excluding hydrogens is 498 g/mol. The summed E-state index contributed by atoms with van der Waals surface area (Å²) in [5, 5.41) is 15.9. The van der Waals surface area contributed by atoms with Crippen molar-refractivity contribution in [3.63, 3.8) is 0 Å². The smallest absolute Gasteiger partial charge is 0.265 e. The number of thiophene rings is 1. The number of ether oxygens (including phenoxy) is 1. The fraction of sp³-hybridized carbons (Fsp3) is 0.276. The van der Waals surface area contributed by atoms with E-state index in [-0.39, 0.29) is 12.0 Å². The maximum Gasteiger partial charge on any atom is 0.265 e. The highest BCUT2D eigenvalue weighted by Gasteiger charge is 2.16. The molecule has 1 fully saturated rings. The van der Waals surface area contributed by atoms with Gasteiger partial charge in [0.15, 0.2) is 0 Å². The number of aliphatic hydroxyl groups is 1. The first kappa shape index (κ1) is 25.8. The standard InChI is InChI=1S/C29H31N5O3S/c1-37-24-7-3-6-22(19-24)31-28(36)27-9-8-26(38-27)25-10-14-30-29(33-25)32-21-5-2-4-20(18-21)11-15-34-16-12-23(35)13-17-34/h2-10,14,18-19,23,35H,11-13,15-17H2,1H3,(H,31,36)(H,30,32,33). The van der Waals surface area contributed by atoms with Crippen molar-refractivity contribution in [3.05, 3.63) is 83.4 Å². The molecule has 3 heterocycles. The first-order valence-corrected chi connectivity index (χ1v) is 13.5. The van der Waals surface area contributed by atoms with Crippen molar-refractivity contribution in [2.45, 2.75) is 25.4 Å². The minimum atomic E-state index is -0.181. The van der Waals surface area contributed by atoms with Gasteiger partial charge in [0, 0.05) is 43.3 Å². The topological polar surface area (TPSA) is 99.6 Å². The Morgan fingerprint density at radius 3 is 2.74 bits per heavy atom. The van der Waals surface area contributed by atoms with E-state index in [4.69, 9.17) is 4.74 Å². The number of rotatable bonds is 9. The van der Waals surface area contributed by atoms with E-state index >= 15 is 0 Å². The third kappa shape index (κ3) is 6.74. The van der Waals surface area contributed by atoms with Crippen molar-refractivity contribution in [1.29, 1.82) is 0 Å². The third-order valence-corrected chi connectivity index (χ3v) is 7.63. The Hall–Kier alpha value is -3.79. The molecule has 3 N–H and O–H groups in total. The highest BCUT2D eigenvalue weighted by Crippen LogP contribution is 2.28. The molecule has 0 bridgehead atoms. The van der Waals surface area contributed by atoms with E-state index in [1.54, 1.807) is 25.4 Å². The van der Waals surface area contributed by atoms with Crippen molar-refractivity contribution in [1.82, 2.24) is 14.9 Å². The molecule has 0 unspecified atom stereocenters. The Morgan fingerprint density at radius 2 is 1.89 bits per heavy atom. The van der Waals surface area contributed by atoms with Gasteiger partial charge in [0.25, 0.3) is 5.91 Å². The Kier molecular flexibility index (Phi) is 8.28.